The van der Waals surface area contributed by atoms with E-state index in [0.717, 1.165) is 39.1 Å². The van der Waals surface area contributed by atoms with Crippen molar-refractivity contribution in [2.24, 2.45) is 11.7 Å². The van der Waals surface area contributed by atoms with E-state index in [1.54, 1.807) is 0 Å². The van der Waals surface area contributed by atoms with Crippen LogP contribution < -0.4 is 5.73 Å². The van der Waals surface area contributed by atoms with E-state index in [1.165, 1.54) is 25.8 Å². The summed E-state index contributed by atoms with van der Waals surface area (Å²) in [5.74, 6) is 0.408. The molecule has 2 heterocycles. The highest BCUT2D eigenvalue weighted by Crippen LogP contribution is 2.17. The van der Waals surface area contributed by atoms with Crippen molar-refractivity contribution in [3.05, 3.63) is 0 Å². The van der Waals surface area contributed by atoms with Crippen LogP contribution in [0, 0.1) is 5.92 Å². The zero-order chi connectivity index (χ0) is 16.1. The molecule has 0 bridgehead atoms. The molecule has 136 valence electrons. The Balaban J connectivity index is 0.00000264. The summed E-state index contributed by atoms with van der Waals surface area (Å²) in [4.78, 5) is 19.4. The molecule has 23 heavy (non-hydrogen) atoms. The lowest BCUT2D eigenvalue weighted by Gasteiger charge is -2.40. The highest BCUT2D eigenvalue weighted by atomic mass is 35.5. The first kappa shape index (κ1) is 20.7. The van der Waals surface area contributed by atoms with Crippen LogP contribution in [-0.2, 0) is 4.79 Å². The summed E-state index contributed by atoms with van der Waals surface area (Å²) in [7, 11) is 2.24. The van der Waals surface area contributed by atoms with Crippen molar-refractivity contribution in [3.8, 4) is 0 Å². The zero-order valence-corrected chi connectivity index (χ0v) is 15.9. The van der Waals surface area contributed by atoms with Gasteiger partial charge in [0.25, 0.3) is 0 Å². The SMILES string of the molecule is CCC(C)C(N)C(=O)N1CCN(CC2CCCCN2C)CC1.Cl. The Hall–Kier alpha value is -0.360. The van der Waals surface area contributed by atoms with Gasteiger partial charge in [-0.15, -0.1) is 12.4 Å². The highest BCUT2D eigenvalue weighted by Gasteiger charge is 2.29. The minimum atomic E-state index is -0.332. The highest BCUT2D eigenvalue weighted by molar-refractivity contribution is 5.85. The van der Waals surface area contributed by atoms with Gasteiger partial charge < -0.3 is 15.5 Å². The second-order valence-electron chi connectivity index (χ2n) is 7.17. The lowest BCUT2D eigenvalue weighted by molar-refractivity contribution is -0.135. The number of carbonyl (C=O) groups is 1. The Bertz CT molecular complexity index is 361. The lowest BCUT2D eigenvalue weighted by atomic mass is 9.98. The minimum Gasteiger partial charge on any atom is -0.339 e. The minimum absolute atomic E-state index is 0. The fourth-order valence-electron chi connectivity index (χ4n) is 3.53. The molecule has 2 rings (SSSR count). The van der Waals surface area contributed by atoms with E-state index >= 15 is 0 Å². The molecule has 3 unspecified atom stereocenters. The molecule has 2 aliphatic heterocycles. The van der Waals surface area contributed by atoms with Gasteiger partial charge in [-0.3, -0.25) is 9.69 Å². The Morgan fingerprint density at radius 3 is 2.39 bits per heavy atom. The van der Waals surface area contributed by atoms with Crippen LogP contribution in [0.5, 0.6) is 0 Å². The van der Waals surface area contributed by atoms with Crippen molar-refractivity contribution >= 4 is 18.3 Å². The maximum absolute atomic E-state index is 12.4. The molecule has 0 spiro atoms. The van der Waals surface area contributed by atoms with Crippen LogP contribution in [0.4, 0.5) is 0 Å². The molecule has 3 atom stereocenters. The fourth-order valence-corrected chi connectivity index (χ4v) is 3.53. The lowest BCUT2D eigenvalue weighted by Crippen LogP contribution is -2.56. The van der Waals surface area contributed by atoms with Gasteiger partial charge in [0.05, 0.1) is 6.04 Å². The average Bonchev–Trinajstić information content (AvgIpc) is 2.55. The maximum atomic E-state index is 12.4. The van der Waals surface area contributed by atoms with Crippen LogP contribution in [0.15, 0.2) is 0 Å². The Kier molecular flexibility index (Phi) is 8.83. The van der Waals surface area contributed by atoms with E-state index in [4.69, 9.17) is 5.73 Å². The van der Waals surface area contributed by atoms with E-state index in [9.17, 15) is 4.79 Å². The molecule has 0 aromatic heterocycles. The molecule has 5 nitrogen and oxygen atoms in total. The third-order valence-electron chi connectivity index (χ3n) is 5.62. The van der Waals surface area contributed by atoms with Gasteiger partial charge in [-0.05, 0) is 32.4 Å². The summed E-state index contributed by atoms with van der Waals surface area (Å²) in [6.07, 6.45) is 4.97. The topological polar surface area (TPSA) is 52.8 Å². The maximum Gasteiger partial charge on any atom is 0.239 e. The molecule has 2 fully saturated rings. The molecule has 2 saturated heterocycles. The summed E-state index contributed by atoms with van der Waals surface area (Å²) in [6, 6.07) is 0.361. The van der Waals surface area contributed by atoms with Gasteiger partial charge in [-0.25, -0.2) is 0 Å². The van der Waals surface area contributed by atoms with Crippen molar-refractivity contribution in [2.45, 2.75) is 51.6 Å². The van der Waals surface area contributed by atoms with E-state index < -0.39 is 0 Å². The predicted molar refractivity (Wildman–Crippen MR) is 98.0 cm³/mol. The first-order chi connectivity index (χ1) is 10.5. The summed E-state index contributed by atoms with van der Waals surface area (Å²) in [5.41, 5.74) is 6.09. The molecule has 0 aliphatic carbocycles. The molecular formula is C17H35ClN4O. The van der Waals surface area contributed by atoms with Crippen LogP contribution in [0.1, 0.15) is 39.5 Å². The molecule has 1 amide bonds. The van der Waals surface area contributed by atoms with Gasteiger partial charge in [0.2, 0.25) is 5.91 Å². The standard InChI is InChI=1S/C17H34N4O.ClH/c1-4-14(2)16(18)17(22)21-11-9-20(10-12-21)13-15-7-5-6-8-19(15)3;/h14-16H,4-13,18H2,1-3H3;1H. The Labute approximate surface area is 148 Å². The molecule has 2 aliphatic rings. The fraction of sp³-hybridized carbons (Fsp3) is 0.941. The van der Waals surface area contributed by atoms with Gasteiger partial charge in [0.15, 0.2) is 0 Å². The van der Waals surface area contributed by atoms with Crippen molar-refractivity contribution in [1.82, 2.24) is 14.7 Å². The number of piperidine rings is 1. The summed E-state index contributed by atoms with van der Waals surface area (Å²) in [6.45, 7) is 10.2. The normalized spacial score (nSPS) is 26.4. The number of nitrogens with two attached hydrogens (primary N) is 1. The molecule has 0 aromatic carbocycles. The number of hydrogen-bond donors (Lipinski definition) is 1. The van der Waals surface area contributed by atoms with Gasteiger partial charge >= 0.3 is 0 Å². The number of likely N-dealkylation sites (N-methyl/N-ethyl adjacent to an activating group) is 1. The van der Waals surface area contributed by atoms with E-state index in [2.05, 4.69) is 30.7 Å². The number of likely N-dealkylation sites (tertiary alicyclic amines) is 1. The average molecular weight is 347 g/mol. The van der Waals surface area contributed by atoms with E-state index in [1.807, 2.05) is 4.90 Å². The molecular weight excluding hydrogens is 312 g/mol. The van der Waals surface area contributed by atoms with Crippen LogP contribution in [0.3, 0.4) is 0 Å². The van der Waals surface area contributed by atoms with Crippen molar-refractivity contribution in [2.75, 3.05) is 46.3 Å². The molecule has 2 N–H and O–H groups in total. The van der Waals surface area contributed by atoms with Gasteiger partial charge in [0, 0.05) is 38.8 Å². The van der Waals surface area contributed by atoms with Gasteiger partial charge in [-0.2, -0.15) is 0 Å². The Morgan fingerprint density at radius 2 is 1.83 bits per heavy atom. The molecule has 6 heteroatoms. The second kappa shape index (κ2) is 9.82. The molecule has 0 saturated carbocycles. The van der Waals surface area contributed by atoms with Crippen LogP contribution in [-0.4, -0.2) is 79.0 Å². The van der Waals surface area contributed by atoms with Gasteiger partial charge in [-0.1, -0.05) is 26.7 Å². The first-order valence-corrected chi connectivity index (χ1v) is 9.00. The third-order valence-corrected chi connectivity index (χ3v) is 5.62. The number of hydrogen-bond acceptors (Lipinski definition) is 4. The monoisotopic (exact) mass is 346 g/mol. The third kappa shape index (κ3) is 5.59. The van der Waals surface area contributed by atoms with Crippen molar-refractivity contribution in [1.29, 1.82) is 0 Å². The summed E-state index contributed by atoms with van der Waals surface area (Å²) >= 11 is 0. The largest absolute Gasteiger partial charge is 0.339 e. The first-order valence-electron chi connectivity index (χ1n) is 9.00. The van der Waals surface area contributed by atoms with Crippen molar-refractivity contribution < 1.29 is 4.79 Å². The Morgan fingerprint density at radius 1 is 1.17 bits per heavy atom. The predicted octanol–water partition coefficient (Wildman–Crippen LogP) is 1.41. The van der Waals surface area contributed by atoms with Crippen LogP contribution in [0.25, 0.3) is 0 Å². The van der Waals surface area contributed by atoms with Crippen LogP contribution >= 0.6 is 12.4 Å². The number of rotatable bonds is 5. The number of amides is 1. The zero-order valence-electron chi connectivity index (χ0n) is 15.0. The van der Waals surface area contributed by atoms with Crippen LogP contribution in [0.2, 0.25) is 0 Å². The number of piperazine rings is 1. The number of carbonyl (C=O) groups excluding carboxylic acids is 1. The molecule has 0 radical (unpaired) electrons. The summed E-state index contributed by atoms with van der Waals surface area (Å²) < 4.78 is 0. The number of halogens is 1. The smallest absolute Gasteiger partial charge is 0.239 e. The second-order valence-corrected chi connectivity index (χ2v) is 7.17. The van der Waals surface area contributed by atoms with E-state index in [0.29, 0.717) is 6.04 Å². The summed E-state index contributed by atoms with van der Waals surface area (Å²) in [5, 5.41) is 0. The quantitative estimate of drug-likeness (QED) is 0.817. The van der Waals surface area contributed by atoms with E-state index in [-0.39, 0.29) is 30.3 Å². The van der Waals surface area contributed by atoms with Crippen molar-refractivity contribution in [3.63, 3.8) is 0 Å². The molecule has 0 aromatic rings. The van der Waals surface area contributed by atoms with Gasteiger partial charge in [0.1, 0.15) is 0 Å². The number of nitrogens with zero attached hydrogens (tertiary/aromatic N) is 3.